The molecule has 0 aromatic heterocycles. The summed E-state index contributed by atoms with van der Waals surface area (Å²) >= 11 is 1.55. The van der Waals surface area contributed by atoms with Crippen LogP contribution in [0.2, 0.25) is 0 Å². The number of aliphatic carboxylic acids is 1. The van der Waals surface area contributed by atoms with Crippen LogP contribution >= 0.6 is 11.8 Å². The zero-order valence-electron chi connectivity index (χ0n) is 45.1. The number of thioether (sulfide) groups is 1. The van der Waals surface area contributed by atoms with E-state index in [0.29, 0.717) is 51.6 Å². The fourth-order valence-electron chi connectivity index (χ4n) is 10.6. The number of hydrogen-bond donors (Lipinski definition) is 1. The van der Waals surface area contributed by atoms with E-state index in [4.69, 9.17) is 9.47 Å². The highest BCUT2D eigenvalue weighted by Crippen LogP contribution is 2.33. The Morgan fingerprint density at radius 3 is 2.08 bits per heavy atom. The molecular weight excluding hydrogens is 925 g/mol. The van der Waals surface area contributed by atoms with Crippen LogP contribution < -0.4 is 0 Å². The molecule has 2 fully saturated rings. The molecule has 0 bridgehead atoms. The molecule has 15 nitrogen and oxygen atoms in total. The Hall–Kier alpha value is -4.15. The van der Waals surface area contributed by atoms with E-state index in [0.717, 1.165) is 24.2 Å². The molecule has 2 aliphatic heterocycles. The van der Waals surface area contributed by atoms with Crippen LogP contribution in [0.1, 0.15) is 144 Å². The molecule has 1 aromatic rings. The van der Waals surface area contributed by atoms with E-state index in [1.54, 1.807) is 42.6 Å². The van der Waals surface area contributed by atoms with Crippen LogP contribution in [-0.2, 0) is 54.3 Å². The fraction of sp³-hybridized carbons (Fsp3) is 0.745. The molecule has 10 atom stereocenters. The van der Waals surface area contributed by atoms with Crippen molar-refractivity contribution in [3.8, 4) is 0 Å². The maximum atomic E-state index is 14.7. The monoisotopic (exact) mass is 1010 g/mol. The first kappa shape index (κ1) is 61.2. The van der Waals surface area contributed by atoms with Crippen molar-refractivity contribution in [3.05, 3.63) is 35.9 Å². The second-order valence-corrected chi connectivity index (χ2v) is 22.1. The Morgan fingerprint density at radius 1 is 0.831 bits per heavy atom. The minimum Gasteiger partial charge on any atom is -0.481 e. The Bertz CT molecular complexity index is 1910. The van der Waals surface area contributed by atoms with Gasteiger partial charge in [-0.25, -0.2) is 0 Å². The third-order valence-corrected chi connectivity index (χ3v) is 16.4. The SMILES string of the molecule is CCCCSC1CC(=O)N(CCCCCC(=O)N(C)[C@H](C(=O)CC(C(=O)N(C)[C@@H]([C@@H](C)CC)[C@@H](CC(=O)N2CCC[C@H]2[C@H](OC)[C@@H](C)C(=O)C[C@@H](Cc2ccccc2)C(=O)O)OC)C(C)C)C(C)C)C1=O. The van der Waals surface area contributed by atoms with Crippen LogP contribution in [0.3, 0.4) is 0 Å². The summed E-state index contributed by atoms with van der Waals surface area (Å²) in [6.45, 7) is 16.2. The van der Waals surface area contributed by atoms with Crippen molar-refractivity contribution in [1.29, 1.82) is 0 Å². The van der Waals surface area contributed by atoms with Crippen molar-refractivity contribution in [2.45, 2.75) is 181 Å². The standard InChI is InChI=1S/C55H88N4O11S/c1-13-15-29-71-46-34-49(64)59(54(46)66)27-21-17-20-26-47(62)56(9)50(36(5)6)44(61)32-41(35(3)4)53(65)57(10)51(37(7)14-2)45(69-11)33-48(63)58-28-22-25-42(58)52(70-12)38(8)43(60)31-40(55(67)68)30-39-23-18-16-19-24-39/h16,18-19,23-24,35-38,40-42,45-46,50-52H,13-15,17,20-22,25-34H2,1-12H3,(H,67,68)/t37-,38-,40+,41?,42-,45+,46?,50-,51-,52+/m0/s1. The molecule has 1 N–H and O–H groups in total. The third-order valence-electron chi connectivity index (χ3n) is 15.1. The number of carboxylic acids is 1. The van der Waals surface area contributed by atoms with Crippen molar-refractivity contribution < 1.29 is 52.9 Å². The van der Waals surface area contributed by atoms with Crippen molar-refractivity contribution in [2.75, 3.05) is 47.2 Å². The number of ether oxygens (including phenoxy) is 2. The quantitative estimate of drug-likeness (QED) is 0.0534. The molecule has 2 heterocycles. The van der Waals surface area contributed by atoms with E-state index in [9.17, 15) is 43.5 Å². The van der Waals surface area contributed by atoms with Gasteiger partial charge < -0.3 is 29.3 Å². The molecule has 2 saturated heterocycles. The summed E-state index contributed by atoms with van der Waals surface area (Å²) in [5.74, 6) is -4.38. The maximum Gasteiger partial charge on any atom is 0.307 e. The van der Waals surface area contributed by atoms with Crippen molar-refractivity contribution in [1.82, 2.24) is 19.6 Å². The number of carbonyl (C=O) groups excluding carboxylic acids is 7. The lowest BCUT2D eigenvalue weighted by atomic mass is 9.83. The molecule has 0 spiro atoms. The average Bonchev–Trinajstić information content (AvgIpc) is 3.92. The molecule has 0 aliphatic carbocycles. The van der Waals surface area contributed by atoms with Gasteiger partial charge in [-0.15, -0.1) is 11.8 Å². The number of Topliss-reactive ketones (excluding diaryl/α,β-unsaturated/α-hetero) is 2. The molecule has 5 amide bonds. The smallest absolute Gasteiger partial charge is 0.307 e. The number of nitrogens with zero attached hydrogens (tertiary/aromatic N) is 4. The highest BCUT2D eigenvalue weighted by molar-refractivity contribution is 8.00. The summed E-state index contributed by atoms with van der Waals surface area (Å²) in [5.41, 5.74) is 0.830. The lowest BCUT2D eigenvalue weighted by molar-refractivity contribution is -0.150. The molecule has 2 aliphatic rings. The van der Waals surface area contributed by atoms with Gasteiger partial charge in [-0.1, -0.05) is 105 Å². The average molecular weight is 1010 g/mol. The maximum absolute atomic E-state index is 14.7. The normalized spacial score (nSPS) is 19.6. The summed E-state index contributed by atoms with van der Waals surface area (Å²) in [6.07, 6.45) is 4.80. The molecule has 16 heteroatoms. The highest BCUT2D eigenvalue weighted by Gasteiger charge is 2.44. The van der Waals surface area contributed by atoms with Crippen molar-refractivity contribution in [3.63, 3.8) is 0 Å². The Labute approximate surface area is 429 Å². The first-order valence-electron chi connectivity index (χ1n) is 26.3. The van der Waals surface area contributed by atoms with E-state index >= 15 is 0 Å². The Morgan fingerprint density at radius 2 is 1.51 bits per heavy atom. The number of amides is 5. The molecule has 400 valence electrons. The van der Waals surface area contributed by atoms with Gasteiger partial charge in [0.05, 0.1) is 47.9 Å². The van der Waals surface area contributed by atoms with Gasteiger partial charge in [0, 0.05) is 78.9 Å². The van der Waals surface area contributed by atoms with Crippen LogP contribution in [0.15, 0.2) is 30.3 Å². The number of rotatable bonds is 33. The number of carboxylic acid groups (broad SMARTS) is 1. The zero-order valence-corrected chi connectivity index (χ0v) is 45.9. The number of likely N-dealkylation sites (N-methyl/N-ethyl adjacent to an activating group) is 2. The topological polar surface area (TPSA) is 188 Å². The number of likely N-dealkylation sites (tertiary alicyclic amines) is 2. The van der Waals surface area contributed by atoms with Crippen LogP contribution in [0.25, 0.3) is 0 Å². The predicted molar refractivity (Wildman–Crippen MR) is 277 cm³/mol. The van der Waals surface area contributed by atoms with Gasteiger partial charge in [-0.05, 0) is 67.6 Å². The molecule has 0 saturated carbocycles. The number of ketones is 2. The summed E-state index contributed by atoms with van der Waals surface area (Å²) in [5, 5.41) is 9.72. The van der Waals surface area contributed by atoms with Crippen LogP contribution in [0.5, 0.6) is 0 Å². The zero-order chi connectivity index (χ0) is 53.1. The summed E-state index contributed by atoms with van der Waals surface area (Å²) in [7, 11) is 6.39. The number of unbranched alkanes of at least 4 members (excludes halogenated alkanes) is 3. The number of benzene rings is 1. The van der Waals surface area contributed by atoms with Gasteiger partial charge >= 0.3 is 5.97 Å². The predicted octanol–water partition coefficient (Wildman–Crippen LogP) is 7.75. The molecule has 0 radical (unpaired) electrons. The van der Waals surface area contributed by atoms with E-state index in [2.05, 4.69) is 6.92 Å². The number of hydrogen-bond acceptors (Lipinski definition) is 11. The lowest BCUT2D eigenvalue weighted by Gasteiger charge is -2.41. The molecule has 2 unspecified atom stereocenters. The highest BCUT2D eigenvalue weighted by atomic mass is 32.2. The minimum atomic E-state index is -1.05. The number of imide groups is 1. The molecule has 71 heavy (non-hydrogen) atoms. The van der Waals surface area contributed by atoms with Gasteiger partial charge in [0.15, 0.2) is 5.78 Å². The first-order valence-corrected chi connectivity index (χ1v) is 27.3. The van der Waals surface area contributed by atoms with E-state index in [1.807, 2.05) is 71.9 Å². The van der Waals surface area contributed by atoms with Crippen LogP contribution in [0.4, 0.5) is 0 Å². The second kappa shape index (κ2) is 30.1. The van der Waals surface area contributed by atoms with Gasteiger partial charge in [0.2, 0.25) is 29.5 Å². The summed E-state index contributed by atoms with van der Waals surface area (Å²) in [6, 6.07) is 7.50. The first-order chi connectivity index (χ1) is 33.6. The van der Waals surface area contributed by atoms with E-state index in [1.165, 1.54) is 24.0 Å². The van der Waals surface area contributed by atoms with Gasteiger partial charge in [-0.3, -0.25) is 43.3 Å². The number of carbonyl (C=O) groups is 8. The van der Waals surface area contributed by atoms with Crippen LogP contribution in [-0.4, -0.2) is 155 Å². The molecule has 3 rings (SSSR count). The Balaban J connectivity index is 1.68. The van der Waals surface area contributed by atoms with E-state index in [-0.39, 0.29) is 103 Å². The largest absolute Gasteiger partial charge is 0.481 e. The molecular formula is C55H88N4O11S. The summed E-state index contributed by atoms with van der Waals surface area (Å²) in [4.78, 5) is 115. The van der Waals surface area contributed by atoms with E-state index < -0.39 is 54.1 Å². The van der Waals surface area contributed by atoms with Gasteiger partial charge in [-0.2, -0.15) is 0 Å². The number of methoxy groups -OCH3 is 2. The van der Waals surface area contributed by atoms with Gasteiger partial charge in [0.1, 0.15) is 5.78 Å². The minimum absolute atomic E-state index is 0.0442. The van der Waals surface area contributed by atoms with Gasteiger partial charge in [0.25, 0.3) is 0 Å². The van der Waals surface area contributed by atoms with Crippen molar-refractivity contribution in [2.24, 2.45) is 35.5 Å². The third kappa shape index (κ3) is 17.2. The Kier molecular flexibility index (Phi) is 26.0. The van der Waals surface area contributed by atoms with Crippen LogP contribution in [0, 0.1) is 35.5 Å². The second-order valence-electron chi connectivity index (χ2n) is 20.8. The summed E-state index contributed by atoms with van der Waals surface area (Å²) < 4.78 is 12.0. The fourth-order valence-corrected chi connectivity index (χ4v) is 11.9. The van der Waals surface area contributed by atoms with Crippen molar-refractivity contribution >= 4 is 58.8 Å². The lowest BCUT2D eigenvalue weighted by Crippen LogP contribution is -2.54. The molecule has 1 aromatic carbocycles.